The maximum Gasteiger partial charge on any atom is 0.340 e. The molecule has 0 aliphatic carbocycles. The molecule has 0 bridgehead atoms. The van der Waals surface area contributed by atoms with Crippen LogP contribution in [-0.4, -0.2) is 23.4 Å². The second-order valence-corrected chi connectivity index (χ2v) is 4.98. The molecule has 1 aromatic heterocycles. The highest BCUT2D eigenvalue weighted by Gasteiger charge is 2.24. The van der Waals surface area contributed by atoms with E-state index in [0.29, 0.717) is 28.8 Å². The first-order valence-corrected chi connectivity index (χ1v) is 7.06. The van der Waals surface area contributed by atoms with Crippen LogP contribution in [-0.2, 0) is 11.3 Å². The molecule has 0 saturated heterocycles. The number of halogens is 1. The van der Waals surface area contributed by atoms with Crippen molar-refractivity contribution >= 4 is 12.3 Å². The Labute approximate surface area is 128 Å². The number of aromatic nitrogens is 1. The van der Waals surface area contributed by atoms with Crippen LogP contribution in [0.4, 0.5) is 4.39 Å². The Bertz CT molecular complexity index is 719. The van der Waals surface area contributed by atoms with Gasteiger partial charge < -0.3 is 9.30 Å². The van der Waals surface area contributed by atoms with E-state index in [2.05, 4.69) is 0 Å². The van der Waals surface area contributed by atoms with Crippen LogP contribution in [0, 0.1) is 19.7 Å². The van der Waals surface area contributed by atoms with Crippen LogP contribution in [0.15, 0.2) is 24.3 Å². The van der Waals surface area contributed by atoms with Crippen molar-refractivity contribution in [3.8, 4) is 0 Å². The molecule has 0 aliphatic heterocycles. The number of nitrogens with zero attached hydrogens (tertiary/aromatic N) is 1. The van der Waals surface area contributed by atoms with Gasteiger partial charge in [-0.3, -0.25) is 4.79 Å². The lowest BCUT2D eigenvalue weighted by molar-refractivity contribution is 0.0523. The van der Waals surface area contributed by atoms with Gasteiger partial charge in [0, 0.05) is 22.5 Å². The first-order chi connectivity index (χ1) is 10.5. The summed E-state index contributed by atoms with van der Waals surface area (Å²) in [7, 11) is 0. The summed E-state index contributed by atoms with van der Waals surface area (Å²) in [4.78, 5) is 23.4. The molecular weight excluding hydrogens is 285 g/mol. The number of rotatable bonds is 5. The molecule has 116 valence electrons. The van der Waals surface area contributed by atoms with E-state index < -0.39 is 5.97 Å². The van der Waals surface area contributed by atoms with Crippen molar-refractivity contribution in [1.29, 1.82) is 0 Å². The Kier molecular flexibility index (Phi) is 4.75. The fourth-order valence-corrected chi connectivity index (χ4v) is 2.55. The summed E-state index contributed by atoms with van der Waals surface area (Å²) in [5.74, 6) is -0.849. The smallest absolute Gasteiger partial charge is 0.340 e. The van der Waals surface area contributed by atoms with Gasteiger partial charge in [0.2, 0.25) is 0 Å². The van der Waals surface area contributed by atoms with Crippen molar-refractivity contribution in [1.82, 2.24) is 4.57 Å². The summed E-state index contributed by atoms with van der Waals surface area (Å²) >= 11 is 0. The van der Waals surface area contributed by atoms with Crippen molar-refractivity contribution in [3.63, 3.8) is 0 Å². The third-order valence-electron chi connectivity index (χ3n) is 3.71. The molecule has 0 atom stereocenters. The Hall–Kier alpha value is -2.43. The van der Waals surface area contributed by atoms with Crippen molar-refractivity contribution < 1.29 is 18.7 Å². The molecular formula is C17H18FNO3. The highest BCUT2D eigenvalue weighted by atomic mass is 19.1. The fraction of sp³-hybridized carbons (Fsp3) is 0.294. The quantitative estimate of drug-likeness (QED) is 0.629. The standard InChI is InChI=1S/C17H18FNO3/c1-4-22-17(21)16-12(3)19(11(2)14(16)10-20)9-13-7-5-6-8-15(13)18/h5-8,10H,4,9H2,1-3H3. The molecule has 2 aromatic rings. The van der Waals surface area contributed by atoms with Crippen LogP contribution in [0.5, 0.6) is 0 Å². The molecule has 2 rings (SSSR count). The number of hydrogen-bond acceptors (Lipinski definition) is 3. The normalized spacial score (nSPS) is 10.5. The number of esters is 1. The van der Waals surface area contributed by atoms with E-state index in [4.69, 9.17) is 4.74 Å². The second-order valence-electron chi connectivity index (χ2n) is 4.98. The highest BCUT2D eigenvalue weighted by molar-refractivity contribution is 6.00. The molecule has 1 aromatic carbocycles. The maximum absolute atomic E-state index is 13.8. The average Bonchev–Trinajstić information content (AvgIpc) is 2.73. The van der Waals surface area contributed by atoms with Gasteiger partial charge >= 0.3 is 5.97 Å². The molecule has 1 heterocycles. The van der Waals surface area contributed by atoms with E-state index in [1.54, 1.807) is 43.5 Å². The van der Waals surface area contributed by atoms with Gasteiger partial charge in [0.1, 0.15) is 5.82 Å². The van der Waals surface area contributed by atoms with Gasteiger partial charge in [0.05, 0.1) is 18.7 Å². The van der Waals surface area contributed by atoms with Gasteiger partial charge in [-0.1, -0.05) is 18.2 Å². The van der Waals surface area contributed by atoms with Crippen molar-refractivity contribution in [3.05, 3.63) is 58.2 Å². The summed E-state index contributed by atoms with van der Waals surface area (Å²) in [5.41, 5.74) is 2.27. The number of carbonyl (C=O) groups excluding carboxylic acids is 2. The van der Waals surface area contributed by atoms with Gasteiger partial charge in [0.15, 0.2) is 6.29 Å². The lowest BCUT2D eigenvalue weighted by Gasteiger charge is -2.10. The minimum Gasteiger partial charge on any atom is -0.462 e. The lowest BCUT2D eigenvalue weighted by atomic mass is 10.1. The molecule has 0 spiro atoms. The molecule has 0 saturated carbocycles. The van der Waals surface area contributed by atoms with Gasteiger partial charge in [-0.25, -0.2) is 9.18 Å². The van der Waals surface area contributed by atoms with Crippen molar-refractivity contribution in [2.45, 2.75) is 27.3 Å². The fourth-order valence-electron chi connectivity index (χ4n) is 2.55. The molecule has 0 N–H and O–H groups in total. The minimum atomic E-state index is -0.530. The van der Waals surface area contributed by atoms with Crippen LogP contribution >= 0.6 is 0 Å². The van der Waals surface area contributed by atoms with Gasteiger partial charge in [-0.2, -0.15) is 0 Å². The molecule has 22 heavy (non-hydrogen) atoms. The van der Waals surface area contributed by atoms with Crippen LogP contribution < -0.4 is 0 Å². The summed E-state index contributed by atoms with van der Waals surface area (Å²) in [6, 6.07) is 6.43. The van der Waals surface area contributed by atoms with Crippen molar-refractivity contribution in [2.24, 2.45) is 0 Å². The third kappa shape index (κ3) is 2.79. The number of ether oxygens (including phenoxy) is 1. The first-order valence-electron chi connectivity index (χ1n) is 7.06. The van der Waals surface area contributed by atoms with Gasteiger partial charge in [-0.15, -0.1) is 0 Å². The van der Waals surface area contributed by atoms with E-state index in [1.165, 1.54) is 6.07 Å². The SMILES string of the molecule is CCOC(=O)c1c(C=O)c(C)n(Cc2ccccc2F)c1C. The Morgan fingerprint density at radius 1 is 1.27 bits per heavy atom. The molecule has 0 amide bonds. The predicted octanol–water partition coefficient (Wildman–Crippen LogP) is 3.28. The third-order valence-corrected chi connectivity index (χ3v) is 3.71. The lowest BCUT2D eigenvalue weighted by Crippen LogP contribution is -2.09. The molecule has 0 fully saturated rings. The molecule has 5 heteroatoms. The zero-order valence-corrected chi connectivity index (χ0v) is 12.9. The highest BCUT2D eigenvalue weighted by Crippen LogP contribution is 2.23. The summed E-state index contributed by atoms with van der Waals surface area (Å²) in [6.45, 7) is 5.66. The maximum atomic E-state index is 13.8. The number of carbonyl (C=O) groups is 2. The largest absolute Gasteiger partial charge is 0.462 e. The zero-order valence-electron chi connectivity index (χ0n) is 12.9. The Balaban J connectivity index is 2.51. The van der Waals surface area contributed by atoms with E-state index >= 15 is 0 Å². The van der Waals surface area contributed by atoms with Crippen molar-refractivity contribution in [2.75, 3.05) is 6.61 Å². The first kappa shape index (κ1) is 15.9. The average molecular weight is 303 g/mol. The minimum absolute atomic E-state index is 0.230. The summed E-state index contributed by atoms with van der Waals surface area (Å²) < 4.78 is 20.6. The number of hydrogen-bond donors (Lipinski definition) is 0. The summed E-state index contributed by atoms with van der Waals surface area (Å²) in [6.07, 6.45) is 0.645. The predicted molar refractivity (Wildman–Crippen MR) is 80.8 cm³/mol. The number of benzene rings is 1. The van der Waals surface area contributed by atoms with E-state index in [9.17, 15) is 14.0 Å². The summed E-state index contributed by atoms with van der Waals surface area (Å²) in [5, 5.41) is 0. The van der Waals surface area contributed by atoms with Gasteiger partial charge in [0.25, 0.3) is 0 Å². The van der Waals surface area contributed by atoms with Crippen LogP contribution in [0.25, 0.3) is 0 Å². The molecule has 0 radical (unpaired) electrons. The number of aldehydes is 1. The molecule has 0 unspecified atom stereocenters. The van der Waals surface area contributed by atoms with Crippen LogP contribution in [0.3, 0.4) is 0 Å². The van der Waals surface area contributed by atoms with Crippen LogP contribution in [0.2, 0.25) is 0 Å². The van der Waals surface area contributed by atoms with Crippen LogP contribution in [0.1, 0.15) is 44.6 Å². The topological polar surface area (TPSA) is 48.3 Å². The van der Waals surface area contributed by atoms with E-state index in [-0.39, 0.29) is 24.5 Å². The molecule has 0 aliphatic rings. The molecule has 4 nitrogen and oxygen atoms in total. The monoisotopic (exact) mass is 303 g/mol. The van der Waals surface area contributed by atoms with Gasteiger partial charge in [-0.05, 0) is 26.8 Å². The Morgan fingerprint density at radius 3 is 2.55 bits per heavy atom. The second kappa shape index (κ2) is 6.56. The van der Waals surface area contributed by atoms with E-state index in [0.717, 1.165) is 0 Å². The Morgan fingerprint density at radius 2 is 1.95 bits per heavy atom. The zero-order chi connectivity index (χ0) is 16.3. The van der Waals surface area contributed by atoms with E-state index in [1.807, 2.05) is 0 Å².